The van der Waals surface area contributed by atoms with Crippen LogP contribution in [0.5, 0.6) is 0 Å². The van der Waals surface area contributed by atoms with Gasteiger partial charge < -0.3 is 4.42 Å². The summed E-state index contributed by atoms with van der Waals surface area (Å²) < 4.78 is 7.93. The SMILES string of the molecule is O=Cc1ccc2cnc(-c3ccc(Br)o3)n2c1. The standard InChI is InChI=1S/C12H7BrN2O2/c13-11-4-3-10(17-11)12-14-5-9-2-1-8(7-16)6-15(9)12/h1-7H. The van der Waals surface area contributed by atoms with Crippen LogP contribution in [-0.4, -0.2) is 15.7 Å². The zero-order valence-electron chi connectivity index (χ0n) is 8.63. The lowest BCUT2D eigenvalue weighted by molar-refractivity contribution is 0.112. The Hall–Kier alpha value is -1.88. The first kappa shape index (κ1) is 10.3. The lowest BCUT2D eigenvalue weighted by Gasteiger charge is -1.99. The highest BCUT2D eigenvalue weighted by Crippen LogP contribution is 2.24. The number of nitrogens with zero attached hydrogens (tertiary/aromatic N) is 2. The lowest BCUT2D eigenvalue weighted by atomic mass is 10.3. The van der Waals surface area contributed by atoms with Gasteiger partial charge in [0.1, 0.15) is 0 Å². The summed E-state index contributed by atoms with van der Waals surface area (Å²) in [5, 5.41) is 0. The summed E-state index contributed by atoms with van der Waals surface area (Å²) in [7, 11) is 0. The first-order valence-corrected chi connectivity index (χ1v) is 5.75. The Morgan fingerprint density at radius 2 is 2.18 bits per heavy atom. The molecular formula is C12H7BrN2O2. The molecule has 0 aliphatic rings. The largest absolute Gasteiger partial charge is 0.446 e. The number of carbonyl (C=O) groups excluding carboxylic acids is 1. The third kappa shape index (κ3) is 1.68. The van der Waals surface area contributed by atoms with Gasteiger partial charge in [0, 0.05) is 11.8 Å². The Labute approximate surface area is 105 Å². The third-order valence-electron chi connectivity index (χ3n) is 2.48. The molecule has 3 heterocycles. The maximum absolute atomic E-state index is 10.8. The Morgan fingerprint density at radius 1 is 1.29 bits per heavy atom. The second-order valence-corrected chi connectivity index (χ2v) is 4.34. The van der Waals surface area contributed by atoms with Gasteiger partial charge in [-0.25, -0.2) is 4.98 Å². The van der Waals surface area contributed by atoms with Gasteiger partial charge in [0.15, 0.2) is 22.5 Å². The second-order valence-electron chi connectivity index (χ2n) is 3.56. The topological polar surface area (TPSA) is 47.5 Å². The van der Waals surface area contributed by atoms with Crippen molar-refractivity contribution in [1.29, 1.82) is 0 Å². The molecule has 0 spiro atoms. The van der Waals surface area contributed by atoms with Crippen LogP contribution in [0.15, 0.2) is 45.7 Å². The van der Waals surface area contributed by atoms with Gasteiger partial charge in [-0.1, -0.05) is 0 Å². The van der Waals surface area contributed by atoms with Gasteiger partial charge in [0.05, 0.1) is 11.7 Å². The Bertz CT molecular complexity index is 699. The fraction of sp³-hybridized carbons (Fsp3) is 0. The number of hydrogen-bond acceptors (Lipinski definition) is 3. The predicted octanol–water partition coefficient (Wildman–Crippen LogP) is 3.17. The highest BCUT2D eigenvalue weighted by Gasteiger charge is 2.10. The molecule has 0 fully saturated rings. The van der Waals surface area contributed by atoms with Crippen molar-refractivity contribution in [2.45, 2.75) is 0 Å². The zero-order valence-corrected chi connectivity index (χ0v) is 10.2. The number of carbonyl (C=O) groups is 1. The molecule has 3 rings (SSSR count). The van der Waals surface area contributed by atoms with Gasteiger partial charge in [-0.2, -0.15) is 0 Å². The number of furan rings is 1. The molecule has 0 atom stereocenters. The van der Waals surface area contributed by atoms with Crippen molar-refractivity contribution in [2.24, 2.45) is 0 Å². The van der Waals surface area contributed by atoms with Gasteiger partial charge in [-0.05, 0) is 40.2 Å². The molecule has 0 aromatic carbocycles. The first-order chi connectivity index (χ1) is 8.28. The average Bonchev–Trinajstić information content (AvgIpc) is 2.93. The number of rotatable bonds is 2. The molecule has 3 aromatic rings. The van der Waals surface area contributed by atoms with E-state index in [0.29, 0.717) is 21.8 Å². The molecule has 0 N–H and O–H groups in total. The lowest BCUT2D eigenvalue weighted by Crippen LogP contribution is -1.90. The molecule has 0 amide bonds. The average molecular weight is 291 g/mol. The molecule has 84 valence electrons. The van der Waals surface area contributed by atoms with Gasteiger partial charge in [-0.3, -0.25) is 9.20 Å². The van der Waals surface area contributed by atoms with Crippen molar-refractivity contribution in [3.8, 4) is 11.6 Å². The van der Waals surface area contributed by atoms with Crippen molar-refractivity contribution in [1.82, 2.24) is 9.38 Å². The molecule has 0 bridgehead atoms. The van der Waals surface area contributed by atoms with Crippen LogP contribution >= 0.6 is 15.9 Å². The quantitative estimate of drug-likeness (QED) is 0.681. The summed E-state index contributed by atoms with van der Waals surface area (Å²) >= 11 is 3.25. The summed E-state index contributed by atoms with van der Waals surface area (Å²) in [5.41, 5.74) is 1.51. The molecular weight excluding hydrogens is 284 g/mol. The van der Waals surface area contributed by atoms with Crippen LogP contribution in [0.1, 0.15) is 10.4 Å². The minimum Gasteiger partial charge on any atom is -0.446 e. The van der Waals surface area contributed by atoms with E-state index in [1.165, 1.54) is 0 Å². The van der Waals surface area contributed by atoms with E-state index in [1.54, 1.807) is 24.5 Å². The number of imidazole rings is 1. The van der Waals surface area contributed by atoms with E-state index >= 15 is 0 Å². The van der Waals surface area contributed by atoms with E-state index in [9.17, 15) is 4.79 Å². The van der Waals surface area contributed by atoms with Crippen LogP contribution in [0, 0.1) is 0 Å². The van der Waals surface area contributed by atoms with E-state index in [4.69, 9.17) is 4.42 Å². The maximum Gasteiger partial charge on any atom is 0.180 e. The summed E-state index contributed by atoms with van der Waals surface area (Å²) in [6.07, 6.45) is 4.28. The summed E-state index contributed by atoms with van der Waals surface area (Å²) in [6, 6.07) is 7.23. The highest BCUT2D eigenvalue weighted by atomic mass is 79.9. The third-order valence-corrected chi connectivity index (χ3v) is 2.91. The molecule has 3 aromatic heterocycles. The van der Waals surface area contributed by atoms with E-state index in [-0.39, 0.29) is 0 Å². The van der Waals surface area contributed by atoms with Gasteiger partial charge in [-0.15, -0.1) is 0 Å². The number of aromatic nitrogens is 2. The molecule has 0 radical (unpaired) electrons. The van der Waals surface area contributed by atoms with Crippen LogP contribution in [0.2, 0.25) is 0 Å². The first-order valence-electron chi connectivity index (χ1n) is 4.96. The summed E-state index contributed by atoms with van der Waals surface area (Å²) in [6.45, 7) is 0. The molecule has 4 nitrogen and oxygen atoms in total. The molecule has 0 aliphatic carbocycles. The number of pyridine rings is 1. The Kier molecular flexibility index (Phi) is 2.33. The molecule has 17 heavy (non-hydrogen) atoms. The van der Waals surface area contributed by atoms with E-state index < -0.39 is 0 Å². The Morgan fingerprint density at radius 3 is 2.88 bits per heavy atom. The van der Waals surface area contributed by atoms with Crippen molar-refractivity contribution in [3.63, 3.8) is 0 Å². The van der Waals surface area contributed by atoms with Crippen LogP contribution in [0.3, 0.4) is 0 Å². The van der Waals surface area contributed by atoms with Crippen molar-refractivity contribution in [2.75, 3.05) is 0 Å². The van der Waals surface area contributed by atoms with E-state index in [1.807, 2.05) is 16.5 Å². The number of hydrogen-bond donors (Lipinski definition) is 0. The van der Waals surface area contributed by atoms with Gasteiger partial charge >= 0.3 is 0 Å². The normalized spacial score (nSPS) is 10.9. The number of halogens is 1. The number of aldehydes is 1. The van der Waals surface area contributed by atoms with Crippen molar-refractivity contribution in [3.05, 3.63) is 46.9 Å². The molecule has 0 saturated heterocycles. The predicted molar refractivity (Wildman–Crippen MR) is 66.0 cm³/mol. The minimum absolute atomic E-state index is 0.599. The zero-order chi connectivity index (χ0) is 11.8. The Balaban J connectivity index is 2.26. The van der Waals surface area contributed by atoms with Crippen LogP contribution < -0.4 is 0 Å². The van der Waals surface area contributed by atoms with Gasteiger partial charge in [0.25, 0.3) is 0 Å². The fourth-order valence-electron chi connectivity index (χ4n) is 1.69. The van der Waals surface area contributed by atoms with E-state index in [2.05, 4.69) is 20.9 Å². The van der Waals surface area contributed by atoms with Crippen molar-refractivity contribution >= 4 is 27.7 Å². The molecule has 5 heteroatoms. The summed E-state index contributed by atoms with van der Waals surface area (Å²) in [4.78, 5) is 15.0. The van der Waals surface area contributed by atoms with Gasteiger partial charge in [0.2, 0.25) is 0 Å². The smallest absolute Gasteiger partial charge is 0.180 e. The molecule has 0 saturated carbocycles. The van der Waals surface area contributed by atoms with E-state index in [0.717, 1.165) is 11.8 Å². The molecule has 0 unspecified atom stereocenters. The number of fused-ring (bicyclic) bond motifs is 1. The van der Waals surface area contributed by atoms with Crippen LogP contribution in [0.4, 0.5) is 0 Å². The minimum atomic E-state index is 0.599. The maximum atomic E-state index is 10.8. The second kappa shape index (κ2) is 3.85. The fourth-order valence-corrected chi connectivity index (χ4v) is 2.00. The monoisotopic (exact) mass is 290 g/mol. The molecule has 0 aliphatic heterocycles. The highest BCUT2D eigenvalue weighted by molar-refractivity contribution is 9.10. The summed E-state index contributed by atoms with van der Waals surface area (Å²) in [5.74, 6) is 1.33. The van der Waals surface area contributed by atoms with Crippen LogP contribution in [-0.2, 0) is 0 Å². The van der Waals surface area contributed by atoms with Crippen molar-refractivity contribution < 1.29 is 9.21 Å². The van der Waals surface area contributed by atoms with Crippen LogP contribution in [0.25, 0.3) is 17.1 Å².